The van der Waals surface area contributed by atoms with Crippen LogP contribution in [0.3, 0.4) is 0 Å². The van der Waals surface area contributed by atoms with Crippen LogP contribution in [0.25, 0.3) is 0 Å². The maximum atomic E-state index is 11.7. The highest BCUT2D eigenvalue weighted by atomic mass is 31.2. The van der Waals surface area contributed by atoms with E-state index in [4.69, 9.17) is 9.05 Å². The van der Waals surface area contributed by atoms with Crippen LogP contribution < -0.4 is 4.89 Å². The predicted molar refractivity (Wildman–Crippen MR) is 129 cm³/mol. The molecular weight excluding hydrogens is 421 g/mol. The molecule has 6 heteroatoms. The fourth-order valence-electron chi connectivity index (χ4n) is 7.08. The van der Waals surface area contributed by atoms with Crippen LogP contribution in [-0.4, -0.2) is 45.4 Å². The second-order valence-electron chi connectivity index (χ2n) is 12.5. The largest absolute Gasteiger partial charge is 0.756 e. The van der Waals surface area contributed by atoms with Crippen molar-refractivity contribution in [2.75, 3.05) is 40.9 Å². The number of likely N-dealkylation sites (N-methyl/N-ethyl adjacent to an activating group) is 1. The van der Waals surface area contributed by atoms with Crippen molar-refractivity contribution in [1.29, 1.82) is 0 Å². The fourth-order valence-corrected chi connectivity index (χ4v) is 7.81. The minimum absolute atomic E-state index is 0.173. The van der Waals surface area contributed by atoms with Gasteiger partial charge in [0.25, 0.3) is 7.82 Å². The van der Waals surface area contributed by atoms with E-state index in [1.54, 1.807) is 38.5 Å². The summed E-state index contributed by atoms with van der Waals surface area (Å²) in [5, 5.41) is 0. The van der Waals surface area contributed by atoms with Crippen molar-refractivity contribution in [2.45, 2.75) is 103 Å². The monoisotopic (exact) mass is 471 g/mol. The molecule has 4 aliphatic carbocycles. The van der Waals surface area contributed by atoms with Gasteiger partial charge in [0.05, 0.1) is 27.7 Å². The molecule has 0 aromatic rings. The lowest BCUT2D eigenvalue weighted by molar-refractivity contribution is -0.870. The summed E-state index contributed by atoms with van der Waals surface area (Å²) in [6.07, 6.45) is 22.1. The summed E-state index contributed by atoms with van der Waals surface area (Å²) in [6, 6.07) is 0. The van der Waals surface area contributed by atoms with Gasteiger partial charge in [0.2, 0.25) is 0 Å². The first-order valence-electron chi connectivity index (χ1n) is 13.6. The molecular formula is C26H50NO4P. The molecule has 4 fully saturated rings. The molecule has 0 saturated heterocycles. The first-order valence-corrected chi connectivity index (χ1v) is 15.0. The lowest BCUT2D eigenvalue weighted by Gasteiger charge is -2.57. The van der Waals surface area contributed by atoms with E-state index >= 15 is 0 Å². The SMILES string of the molecule is C[N+](C)(C)CCOP(=O)([O-])OCCCCCCCCCCCC12CC3CC(CC(C3)C1)C2. The third-order valence-electron chi connectivity index (χ3n) is 8.28. The molecule has 188 valence electrons. The molecule has 0 spiro atoms. The van der Waals surface area contributed by atoms with Crippen LogP contribution in [0, 0.1) is 23.2 Å². The minimum atomic E-state index is -4.13. The summed E-state index contributed by atoms with van der Waals surface area (Å²) < 4.78 is 22.3. The van der Waals surface area contributed by atoms with Crippen LogP contribution in [0.1, 0.15) is 103 Å². The van der Waals surface area contributed by atoms with Crippen molar-refractivity contribution < 1.29 is 23.0 Å². The van der Waals surface area contributed by atoms with E-state index in [1.165, 1.54) is 51.4 Å². The highest BCUT2D eigenvalue weighted by Gasteiger charge is 2.50. The Bertz CT molecular complexity index is 568. The highest BCUT2D eigenvalue weighted by Crippen LogP contribution is 2.61. The molecule has 0 N–H and O–H groups in total. The standard InChI is InChI=1S/C26H50NO4P/c1-27(2,3)14-16-31-32(28,29)30-15-12-10-8-6-4-5-7-9-11-13-26-20-23-17-24(21-26)19-25(18-23)22-26/h23-25H,4-22H2,1-3H3. The normalized spacial score (nSPS) is 31.2. The number of hydrogen-bond donors (Lipinski definition) is 0. The average Bonchev–Trinajstić information content (AvgIpc) is 2.66. The van der Waals surface area contributed by atoms with Crippen molar-refractivity contribution in [3.8, 4) is 0 Å². The molecule has 1 atom stereocenters. The molecule has 5 nitrogen and oxygen atoms in total. The van der Waals surface area contributed by atoms with Crippen molar-refractivity contribution >= 4 is 7.82 Å². The maximum absolute atomic E-state index is 11.7. The van der Waals surface area contributed by atoms with Crippen molar-refractivity contribution in [3.05, 3.63) is 0 Å². The second-order valence-corrected chi connectivity index (χ2v) is 13.9. The molecule has 4 aliphatic rings. The van der Waals surface area contributed by atoms with Crippen LogP contribution >= 0.6 is 7.82 Å². The van der Waals surface area contributed by atoms with Crippen LogP contribution in [-0.2, 0) is 13.6 Å². The van der Waals surface area contributed by atoms with Gasteiger partial charge in [-0.2, -0.15) is 0 Å². The zero-order chi connectivity index (χ0) is 23.1. The summed E-state index contributed by atoms with van der Waals surface area (Å²) in [5.41, 5.74) is 0.766. The molecule has 0 heterocycles. The zero-order valence-corrected chi connectivity index (χ0v) is 22.1. The molecule has 1 unspecified atom stereocenters. The van der Waals surface area contributed by atoms with Gasteiger partial charge in [0.15, 0.2) is 0 Å². The molecule has 4 bridgehead atoms. The predicted octanol–water partition coefficient (Wildman–Crippen LogP) is 6.31. The van der Waals surface area contributed by atoms with Crippen LogP contribution in [0.15, 0.2) is 0 Å². The molecule has 0 aromatic carbocycles. The van der Waals surface area contributed by atoms with Gasteiger partial charge in [0.1, 0.15) is 13.2 Å². The van der Waals surface area contributed by atoms with E-state index in [2.05, 4.69) is 0 Å². The minimum Gasteiger partial charge on any atom is -0.756 e. The van der Waals surface area contributed by atoms with E-state index in [0.717, 1.165) is 36.0 Å². The molecule has 4 rings (SSSR count). The third-order valence-corrected chi connectivity index (χ3v) is 9.28. The van der Waals surface area contributed by atoms with Gasteiger partial charge in [-0.15, -0.1) is 0 Å². The Labute approximate surface area is 197 Å². The van der Waals surface area contributed by atoms with Gasteiger partial charge in [-0.05, 0) is 74.5 Å². The van der Waals surface area contributed by atoms with Gasteiger partial charge < -0.3 is 18.4 Å². The number of hydrogen-bond acceptors (Lipinski definition) is 4. The van der Waals surface area contributed by atoms with E-state index in [0.29, 0.717) is 11.0 Å². The fraction of sp³-hybridized carbons (Fsp3) is 1.00. The van der Waals surface area contributed by atoms with Gasteiger partial charge in [-0.3, -0.25) is 4.57 Å². The summed E-state index contributed by atoms with van der Waals surface area (Å²) in [5.74, 6) is 3.27. The highest BCUT2D eigenvalue weighted by molar-refractivity contribution is 7.45. The number of phosphoric ester groups is 1. The third kappa shape index (κ3) is 9.37. The molecule has 0 amide bonds. The molecule has 0 aliphatic heterocycles. The smallest absolute Gasteiger partial charge is 0.268 e. The Hall–Kier alpha value is 0.0700. The van der Waals surface area contributed by atoms with E-state index < -0.39 is 7.82 Å². The number of quaternary nitrogens is 1. The molecule has 0 radical (unpaired) electrons. The van der Waals surface area contributed by atoms with E-state index in [9.17, 15) is 9.46 Å². The summed E-state index contributed by atoms with van der Waals surface area (Å²) in [7, 11) is 1.88. The molecule has 0 aromatic heterocycles. The van der Waals surface area contributed by atoms with Gasteiger partial charge in [-0.25, -0.2) is 0 Å². The van der Waals surface area contributed by atoms with Crippen molar-refractivity contribution in [2.24, 2.45) is 23.2 Å². The van der Waals surface area contributed by atoms with Crippen molar-refractivity contribution in [1.82, 2.24) is 0 Å². The number of phosphoric acid groups is 1. The quantitative estimate of drug-likeness (QED) is 0.142. The first-order chi connectivity index (χ1) is 15.1. The van der Waals surface area contributed by atoms with Crippen LogP contribution in [0.5, 0.6) is 0 Å². The molecule has 32 heavy (non-hydrogen) atoms. The van der Waals surface area contributed by atoms with E-state index in [1.807, 2.05) is 21.1 Å². The van der Waals surface area contributed by atoms with Crippen molar-refractivity contribution in [3.63, 3.8) is 0 Å². The van der Waals surface area contributed by atoms with Crippen LogP contribution in [0.4, 0.5) is 0 Å². The number of rotatable bonds is 17. The van der Waals surface area contributed by atoms with Crippen LogP contribution in [0.2, 0.25) is 0 Å². The lowest BCUT2D eigenvalue weighted by Crippen LogP contribution is -2.45. The number of unbranched alkanes of at least 4 members (excludes halogenated alkanes) is 8. The molecule has 4 saturated carbocycles. The average molecular weight is 472 g/mol. The van der Waals surface area contributed by atoms with Gasteiger partial charge in [-0.1, -0.05) is 51.4 Å². The zero-order valence-electron chi connectivity index (χ0n) is 21.2. The Morgan fingerprint density at radius 2 is 1.19 bits per heavy atom. The van der Waals surface area contributed by atoms with E-state index in [-0.39, 0.29) is 13.2 Å². The Morgan fingerprint density at radius 3 is 1.69 bits per heavy atom. The summed E-state index contributed by atoms with van der Waals surface area (Å²) in [4.78, 5) is 11.7. The first kappa shape index (κ1) is 26.7. The Morgan fingerprint density at radius 1 is 0.750 bits per heavy atom. The number of nitrogens with zero attached hydrogens (tertiary/aromatic N) is 1. The van der Waals surface area contributed by atoms with Gasteiger partial charge >= 0.3 is 0 Å². The Kier molecular flexibility index (Phi) is 10.1. The topological polar surface area (TPSA) is 58.6 Å². The maximum Gasteiger partial charge on any atom is 0.268 e. The summed E-state index contributed by atoms with van der Waals surface area (Å²) in [6.45, 7) is 1.06. The van der Waals surface area contributed by atoms with Gasteiger partial charge in [0, 0.05) is 0 Å². The Balaban J connectivity index is 1.10. The summed E-state index contributed by atoms with van der Waals surface area (Å²) >= 11 is 0. The second kappa shape index (κ2) is 12.2. The lowest BCUT2D eigenvalue weighted by atomic mass is 9.48.